The molecule has 2 saturated heterocycles. The van der Waals surface area contributed by atoms with Gasteiger partial charge in [0.15, 0.2) is 0 Å². The van der Waals surface area contributed by atoms with Crippen LogP contribution in [0.15, 0.2) is 0 Å². The molecule has 0 aromatic carbocycles. The summed E-state index contributed by atoms with van der Waals surface area (Å²) < 4.78 is 5.37. The van der Waals surface area contributed by atoms with Crippen molar-refractivity contribution >= 4 is 0 Å². The Kier molecular flexibility index (Phi) is 1.69. The van der Waals surface area contributed by atoms with Crippen LogP contribution < -0.4 is 0 Å². The standard InChI is InChI=1S/C9H17NO/c1-9-4-3-5-10(9)7-8(6-9)11-2/h8H,3-7H2,1-2H3/t8-,9+/m0/s1. The largest absolute Gasteiger partial charge is 0.380 e. The molecule has 2 fully saturated rings. The van der Waals surface area contributed by atoms with Crippen molar-refractivity contribution in [1.82, 2.24) is 4.90 Å². The first-order chi connectivity index (χ1) is 5.24. The molecule has 0 unspecified atom stereocenters. The van der Waals surface area contributed by atoms with Crippen molar-refractivity contribution in [3.63, 3.8) is 0 Å². The van der Waals surface area contributed by atoms with Crippen molar-refractivity contribution in [3.05, 3.63) is 0 Å². The van der Waals surface area contributed by atoms with Crippen molar-refractivity contribution in [2.75, 3.05) is 20.2 Å². The third kappa shape index (κ3) is 1.09. The van der Waals surface area contributed by atoms with E-state index in [1.54, 1.807) is 0 Å². The Hall–Kier alpha value is -0.0800. The molecule has 11 heavy (non-hydrogen) atoms. The van der Waals surface area contributed by atoms with Crippen LogP contribution in [0, 0.1) is 0 Å². The SMILES string of the molecule is CO[C@@H]1CN2CCC[C@]2(C)C1. The molecule has 0 aliphatic carbocycles. The van der Waals surface area contributed by atoms with Gasteiger partial charge in [0.1, 0.15) is 0 Å². The number of hydrogen-bond donors (Lipinski definition) is 0. The molecule has 0 aromatic rings. The summed E-state index contributed by atoms with van der Waals surface area (Å²) in [5.41, 5.74) is 0.487. The fraction of sp³-hybridized carbons (Fsp3) is 1.00. The molecule has 2 atom stereocenters. The first-order valence-corrected chi connectivity index (χ1v) is 4.52. The zero-order valence-corrected chi connectivity index (χ0v) is 7.47. The van der Waals surface area contributed by atoms with Crippen LogP contribution in [0.5, 0.6) is 0 Å². The maximum atomic E-state index is 5.37. The van der Waals surface area contributed by atoms with Crippen molar-refractivity contribution < 1.29 is 4.74 Å². The van der Waals surface area contributed by atoms with Gasteiger partial charge in [-0.3, -0.25) is 4.90 Å². The third-order valence-electron chi connectivity index (χ3n) is 3.33. The second-order valence-electron chi connectivity index (χ2n) is 4.11. The molecule has 64 valence electrons. The number of methoxy groups -OCH3 is 1. The Bertz CT molecular complexity index is 160. The van der Waals surface area contributed by atoms with Gasteiger partial charge < -0.3 is 4.74 Å². The van der Waals surface area contributed by atoms with Crippen LogP contribution in [0.3, 0.4) is 0 Å². The Balaban J connectivity index is 2.06. The lowest BCUT2D eigenvalue weighted by Crippen LogP contribution is -2.34. The monoisotopic (exact) mass is 155 g/mol. The maximum absolute atomic E-state index is 5.37. The summed E-state index contributed by atoms with van der Waals surface area (Å²) in [5.74, 6) is 0. The van der Waals surface area contributed by atoms with E-state index in [9.17, 15) is 0 Å². The van der Waals surface area contributed by atoms with Crippen LogP contribution in [0.25, 0.3) is 0 Å². The summed E-state index contributed by atoms with van der Waals surface area (Å²) in [4.78, 5) is 2.58. The highest BCUT2D eigenvalue weighted by atomic mass is 16.5. The number of rotatable bonds is 1. The lowest BCUT2D eigenvalue weighted by atomic mass is 9.96. The van der Waals surface area contributed by atoms with E-state index in [1.807, 2.05) is 7.11 Å². The van der Waals surface area contributed by atoms with Gasteiger partial charge in [0.05, 0.1) is 6.10 Å². The number of nitrogens with zero attached hydrogens (tertiary/aromatic N) is 1. The molecular formula is C9H17NO. The Morgan fingerprint density at radius 1 is 1.55 bits per heavy atom. The van der Waals surface area contributed by atoms with Crippen LogP contribution in [-0.2, 0) is 4.74 Å². The maximum Gasteiger partial charge on any atom is 0.0715 e. The van der Waals surface area contributed by atoms with E-state index in [0.717, 1.165) is 6.54 Å². The molecule has 0 saturated carbocycles. The van der Waals surface area contributed by atoms with Gasteiger partial charge in [-0.2, -0.15) is 0 Å². The number of ether oxygens (including phenoxy) is 1. The molecular weight excluding hydrogens is 138 g/mol. The Labute approximate surface area is 68.5 Å². The van der Waals surface area contributed by atoms with E-state index in [1.165, 1.54) is 25.8 Å². The third-order valence-corrected chi connectivity index (χ3v) is 3.33. The highest BCUT2D eigenvalue weighted by Gasteiger charge is 2.44. The highest BCUT2D eigenvalue weighted by Crippen LogP contribution is 2.38. The lowest BCUT2D eigenvalue weighted by Gasteiger charge is -2.26. The Morgan fingerprint density at radius 2 is 2.36 bits per heavy atom. The second-order valence-corrected chi connectivity index (χ2v) is 4.11. The van der Waals surface area contributed by atoms with Gasteiger partial charge >= 0.3 is 0 Å². The van der Waals surface area contributed by atoms with Crippen LogP contribution in [0.2, 0.25) is 0 Å². The quantitative estimate of drug-likeness (QED) is 0.565. The normalized spacial score (nSPS) is 44.7. The molecule has 2 heteroatoms. The fourth-order valence-corrected chi connectivity index (χ4v) is 2.58. The van der Waals surface area contributed by atoms with Gasteiger partial charge in [0, 0.05) is 19.2 Å². The molecule has 2 aliphatic heterocycles. The smallest absolute Gasteiger partial charge is 0.0715 e. The Morgan fingerprint density at radius 3 is 3.00 bits per heavy atom. The zero-order valence-electron chi connectivity index (χ0n) is 7.47. The molecule has 2 nitrogen and oxygen atoms in total. The summed E-state index contributed by atoms with van der Waals surface area (Å²) in [7, 11) is 1.83. The van der Waals surface area contributed by atoms with Gasteiger partial charge in [0.2, 0.25) is 0 Å². The highest BCUT2D eigenvalue weighted by molar-refractivity contribution is 5.00. The van der Waals surface area contributed by atoms with Gasteiger partial charge in [-0.15, -0.1) is 0 Å². The molecule has 0 bridgehead atoms. The van der Waals surface area contributed by atoms with Crippen LogP contribution in [-0.4, -0.2) is 36.7 Å². The van der Waals surface area contributed by atoms with E-state index >= 15 is 0 Å². The number of fused-ring (bicyclic) bond motifs is 1. The average molecular weight is 155 g/mol. The van der Waals surface area contributed by atoms with Crippen LogP contribution in [0.4, 0.5) is 0 Å². The minimum atomic E-state index is 0.487. The van der Waals surface area contributed by atoms with E-state index in [2.05, 4.69) is 11.8 Å². The molecule has 2 rings (SSSR count). The summed E-state index contributed by atoms with van der Waals surface area (Å²) in [6.45, 7) is 4.82. The van der Waals surface area contributed by atoms with Crippen LogP contribution in [0.1, 0.15) is 26.2 Å². The van der Waals surface area contributed by atoms with Gasteiger partial charge in [0.25, 0.3) is 0 Å². The summed E-state index contributed by atoms with van der Waals surface area (Å²) in [5, 5.41) is 0. The molecule has 2 heterocycles. The predicted molar refractivity (Wildman–Crippen MR) is 44.6 cm³/mol. The minimum absolute atomic E-state index is 0.487. The number of hydrogen-bond acceptors (Lipinski definition) is 2. The first kappa shape index (κ1) is 7.56. The molecule has 0 radical (unpaired) electrons. The zero-order chi connectivity index (χ0) is 7.90. The van der Waals surface area contributed by atoms with Crippen molar-refractivity contribution in [2.24, 2.45) is 0 Å². The first-order valence-electron chi connectivity index (χ1n) is 4.52. The van der Waals surface area contributed by atoms with E-state index < -0.39 is 0 Å². The van der Waals surface area contributed by atoms with Gasteiger partial charge in [-0.25, -0.2) is 0 Å². The van der Waals surface area contributed by atoms with Crippen molar-refractivity contribution in [3.8, 4) is 0 Å². The summed E-state index contributed by atoms with van der Waals surface area (Å²) >= 11 is 0. The molecule has 0 spiro atoms. The van der Waals surface area contributed by atoms with Gasteiger partial charge in [-0.1, -0.05) is 0 Å². The molecule has 2 aliphatic rings. The second kappa shape index (κ2) is 2.46. The van der Waals surface area contributed by atoms with Crippen molar-refractivity contribution in [1.29, 1.82) is 0 Å². The molecule has 0 N–H and O–H groups in total. The fourth-order valence-electron chi connectivity index (χ4n) is 2.58. The average Bonchev–Trinajstić information content (AvgIpc) is 2.42. The van der Waals surface area contributed by atoms with E-state index in [4.69, 9.17) is 4.74 Å². The topological polar surface area (TPSA) is 12.5 Å². The predicted octanol–water partition coefficient (Wildman–Crippen LogP) is 1.26. The summed E-state index contributed by atoms with van der Waals surface area (Å²) in [6.07, 6.45) is 4.49. The van der Waals surface area contributed by atoms with E-state index in [0.29, 0.717) is 11.6 Å². The summed E-state index contributed by atoms with van der Waals surface area (Å²) in [6, 6.07) is 0. The minimum Gasteiger partial charge on any atom is -0.380 e. The van der Waals surface area contributed by atoms with Crippen molar-refractivity contribution in [2.45, 2.75) is 37.8 Å². The molecule has 0 aromatic heterocycles. The van der Waals surface area contributed by atoms with Crippen LogP contribution >= 0.6 is 0 Å². The van der Waals surface area contributed by atoms with Gasteiger partial charge in [-0.05, 0) is 32.7 Å². The lowest BCUT2D eigenvalue weighted by molar-refractivity contribution is 0.107. The molecule has 0 amide bonds. The van der Waals surface area contributed by atoms with E-state index in [-0.39, 0.29) is 0 Å².